The second kappa shape index (κ2) is 14.5. The molecule has 7 nitrogen and oxygen atoms in total. The molecule has 0 saturated heterocycles. The highest BCUT2D eigenvalue weighted by Gasteiger charge is 2.26. The molecule has 6 aromatic rings. The van der Waals surface area contributed by atoms with Gasteiger partial charge in [-0.05, 0) is 101 Å². The summed E-state index contributed by atoms with van der Waals surface area (Å²) < 4.78 is 34.9. The number of nitrogens with one attached hydrogen (secondary N) is 1. The molecule has 6 aromatic carbocycles. The molecule has 1 N–H and O–H groups in total. The maximum absolute atomic E-state index is 13.8. The maximum atomic E-state index is 13.8. The number of amides is 1. The Bertz CT molecular complexity index is 2180. The molecule has 0 aliphatic rings. The molecule has 48 heavy (non-hydrogen) atoms. The van der Waals surface area contributed by atoms with Crippen LogP contribution in [-0.2, 0) is 23.2 Å². The van der Waals surface area contributed by atoms with E-state index in [0.29, 0.717) is 28.4 Å². The van der Waals surface area contributed by atoms with E-state index >= 15 is 0 Å². The first-order valence-corrected chi connectivity index (χ1v) is 17.1. The zero-order valence-corrected chi connectivity index (χ0v) is 27.7. The number of fused-ring (bicyclic) bond motifs is 1. The van der Waals surface area contributed by atoms with Gasteiger partial charge in [-0.1, -0.05) is 90.5 Å². The van der Waals surface area contributed by atoms with E-state index in [-0.39, 0.29) is 11.4 Å². The van der Waals surface area contributed by atoms with Crippen molar-refractivity contribution >= 4 is 50.2 Å². The average molecular weight is 674 g/mol. The van der Waals surface area contributed by atoms with E-state index in [2.05, 4.69) is 34.8 Å². The molecule has 0 aliphatic heterocycles. The fraction of sp³-hybridized carbons (Fsp3) is 0.0769. The number of carbonyl (C=O) groups excluding carboxylic acids is 1. The third-order valence-corrected chi connectivity index (χ3v) is 9.86. The van der Waals surface area contributed by atoms with Crippen molar-refractivity contribution in [2.75, 3.05) is 4.31 Å². The lowest BCUT2D eigenvalue weighted by molar-refractivity contribution is 0.0955. The molecule has 1 amide bonds. The van der Waals surface area contributed by atoms with Gasteiger partial charge >= 0.3 is 0 Å². The van der Waals surface area contributed by atoms with Gasteiger partial charge in [0.15, 0.2) is 0 Å². The smallest absolute Gasteiger partial charge is 0.271 e. The summed E-state index contributed by atoms with van der Waals surface area (Å²) >= 11 is 6.27. The minimum Gasteiger partial charge on any atom is -0.489 e. The van der Waals surface area contributed by atoms with Crippen LogP contribution < -0.4 is 14.5 Å². The summed E-state index contributed by atoms with van der Waals surface area (Å²) in [7, 11) is -3.92. The fourth-order valence-electron chi connectivity index (χ4n) is 5.26. The van der Waals surface area contributed by atoms with Crippen molar-refractivity contribution in [3.05, 3.63) is 172 Å². The average Bonchev–Trinajstić information content (AvgIpc) is 3.12. The maximum Gasteiger partial charge on any atom is 0.271 e. The van der Waals surface area contributed by atoms with E-state index in [9.17, 15) is 13.2 Å². The second-order valence-electron chi connectivity index (χ2n) is 11.1. The molecule has 0 atom stereocenters. The van der Waals surface area contributed by atoms with Gasteiger partial charge in [0.1, 0.15) is 12.4 Å². The number of nitrogens with zero attached hydrogens (tertiary/aromatic N) is 2. The first-order chi connectivity index (χ1) is 23.3. The molecule has 0 spiro atoms. The number of sulfonamides is 1. The third-order valence-electron chi connectivity index (χ3n) is 7.85. The first-order valence-electron chi connectivity index (χ1n) is 15.2. The van der Waals surface area contributed by atoms with E-state index in [4.69, 9.17) is 16.3 Å². The van der Waals surface area contributed by atoms with E-state index < -0.39 is 15.9 Å². The van der Waals surface area contributed by atoms with Crippen LogP contribution in [0.1, 0.15) is 32.6 Å². The van der Waals surface area contributed by atoms with Crippen LogP contribution in [0.15, 0.2) is 150 Å². The predicted molar refractivity (Wildman–Crippen MR) is 192 cm³/mol. The molecular weight excluding hydrogens is 642 g/mol. The summed E-state index contributed by atoms with van der Waals surface area (Å²) in [5.74, 6) is 0.331. The monoisotopic (exact) mass is 673 g/mol. The van der Waals surface area contributed by atoms with Gasteiger partial charge in [0.25, 0.3) is 15.9 Å². The summed E-state index contributed by atoms with van der Waals surface area (Å²) in [5, 5.41) is 6.87. The number of hydrogen-bond donors (Lipinski definition) is 1. The van der Waals surface area contributed by atoms with Gasteiger partial charge in [-0.25, -0.2) is 13.8 Å². The van der Waals surface area contributed by atoms with Gasteiger partial charge in [0.05, 0.1) is 23.3 Å². The molecule has 0 bridgehead atoms. The highest BCUT2D eigenvalue weighted by atomic mass is 35.5. The van der Waals surface area contributed by atoms with Crippen LogP contribution in [0.5, 0.6) is 5.75 Å². The van der Waals surface area contributed by atoms with E-state index in [1.54, 1.807) is 79.0 Å². The number of ether oxygens (including phenoxy) is 1. The molecule has 0 saturated carbocycles. The van der Waals surface area contributed by atoms with Crippen LogP contribution in [0.25, 0.3) is 10.8 Å². The molecule has 0 aliphatic carbocycles. The van der Waals surface area contributed by atoms with Crippen LogP contribution in [0.3, 0.4) is 0 Å². The van der Waals surface area contributed by atoms with Crippen molar-refractivity contribution in [2.24, 2.45) is 5.10 Å². The second-order valence-corrected chi connectivity index (χ2v) is 13.4. The van der Waals surface area contributed by atoms with Gasteiger partial charge in [-0.2, -0.15) is 5.10 Å². The molecule has 0 aromatic heterocycles. The normalized spacial score (nSPS) is 11.5. The largest absolute Gasteiger partial charge is 0.489 e. The number of hydrazone groups is 1. The van der Waals surface area contributed by atoms with E-state index in [1.165, 1.54) is 15.1 Å². The number of benzene rings is 6. The van der Waals surface area contributed by atoms with Gasteiger partial charge in [-0.15, -0.1) is 0 Å². The first kappa shape index (κ1) is 32.5. The zero-order chi connectivity index (χ0) is 33.5. The van der Waals surface area contributed by atoms with Crippen molar-refractivity contribution in [1.29, 1.82) is 0 Å². The number of aryl methyl sites for hydroxylation is 1. The van der Waals surface area contributed by atoms with E-state index in [1.807, 2.05) is 49.4 Å². The van der Waals surface area contributed by atoms with Crippen molar-refractivity contribution in [1.82, 2.24) is 5.43 Å². The van der Waals surface area contributed by atoms with Crippen LogP contribution in [0, 0.1) is 6.92 Å². The summed E-state index contributed by atoms with van der Waals surface area (Å²) in [5.41, 5.74) is 6.76. The summed E-state index contributed by atoms with van der Waals surface area (Å²) in [6.45, 7) is 2.33. The van der Waals surface area contributed by atoms with Crippen molar-refractivity contribution in [2.45, 2.75) is 25.0 Å². The Morgan fingerprint density at radius 1 is 0.833 bits per heavy atom. The topological polar surface area (TPSA) is 88.1 Å². The molecule has 0 heterocycles. The zero-order valence-electron chi connectivity index (χ0n) is 26.1. The molecule has 0 radical (unpaired) electrons. The fourth-order valence-corrected chi connectivity index (χ4v) is 6.95. The molecule has 9 heteroatoms. The Morgan fingerprint density at radius 2 is 1.54 bits per heavy atom. The highest BCUT2D eigenvalue weighted by Crippen LogP contribution is 2.31. The highest BCUT2D eigenvalue weighted by molar-refractivity contribution is 7.92. The van der Waals surface area contributed by atoms with Crippen LogP contribution in [0.4, 0.5) is 5.69 Å². The van der Waals surface area contributed by atoms with Crippen molar-refractivity contribution in [3.8, 4) is 5.75 Å². The van der Waals surface area contributed by atoms with Gasteiger partial charge < -0.3 is 4.74 Å². The van der Waals surface area contributed by atoms with Crippen molar-refractivity contribution in [3.63, 3.8) is 0 Å². The van der Waals surface area contributed by atoms with E-state index in [0.717, 1.165) is 22.4 Å². The lowest BCUT2D eigenvalue weighted by Crippen LogP contribution is -2.31. The standard InChI is InChI=1S/C39H32ClN3O4S/c1-28-14-21-34(40)24-38(28)43(48(45,46)36-11-3-2-4-12-36)26-30-15-19-32(20-16-30)39(44)42-41-25-29-17-22-35(23-18-29)47-27-33-10-7-9-31-8-5-6-13-37(31)33/h2-25H,26-27H2,1H3,(H,42,44)/b41-25-. The van der Waals surface area contributed by atoms with Gasteiger partial charge in [0.2, 0.25) is 0 Å². The van der Waals surface area contributed by atoms with Gasteiger partial charge in [0, 0.05) is 10.6 Å². The molecule has 0 unspecified atom stereocenters. The lowest BCUT2D eigenvalue weighted by atomic mass is 10.1. The summed E-state index contributed by atoms with van der Waals surface area (Å²) in [4.78, 5) is 13.0. The lowest BCUT2D eigenvalue weighted by Gasteiger charge is -2.26. The molecular formula is C39H32ClN3O4S. The predicted octanol–water partition coefficient (Wildman–Crippen LogP) is 8.54. The minimum atomic E-state index is -3.92. The Balaban J connectivity index is 1.08. The minimum absolute atomic E-state index is 0.0418. The molecule has 240 valence electrons. The van der Waals surface area contributed by atoms with Crippen LogP contribution >= 0.6 is 11.6 Å². The number of rotatable bonds is 11. The number of hydrogen-bond acceptors (Lipinski definition) is 5. The van der Waals surface area contributed by atoms with Crippen LogP contribution in [0.2, 0.25) is 5.02 Å². The Morgan fingerprint density at radius 3 is 2.31 bits per heavy atom. The quantitative estimate of drug-likeness (QED) is 0.110. The molecule has 6 rings (SSSR count). The Labute approximate surface area is 285 Å². The number of anilines is 1. The summed E-state index contributed by atoms with van der Waals surface area (Å²) in [6, 6.07) is 42.0. The SMILES string of the molecule is Cc1ccc(Cl)cc1N(Cc1ccc(C(=O)N/N=C\c2ccc(OCc3cccc4ccccc34)cc2)cc1)S(=O)(=O)c1ccccc1. The number of halogens is 1. The number of carbonyl (C=O) groups is 1. The third kappa shape index (κ3) is 7.57. The Hall–Kier alpha value is -5.44. The van der Waals surface area contributed by atoms with Crippen molar-refractivity contribution < 1.29 is 17.9 Å². The molecule has 0 fully saturated rings. The summed E-state index contributed by atoms with van der Waals surface area (Å²) in [6.07, 6.45) is 1.56. The van der Waals surface area contributed by atoms with Crippen LogP contribution in [-0.4, -0.2) is 20.5 Å². The van der Waals surface area contributed by atoms with Gasteiger partial charge in [-0.3, -0.25) is 9.10 Å². The Kier molecular flexibility index (Phi) is 9.85.